The van der Waals surface area contributed by atoms with Crippen molar-refractivity contribution in [2.75, 3.05) is 13.1 Å². The van der Waals surface area contributed by atoms with Gasteiger partial charge in [-0.25, -0.2) is 17.2 Å². The van der Waals surface area contributed by atoms with E-state index in [0.717, 1.165) is 22.9 Å². The van der Waals surface area contributed by atoms with E-state index in [0.29, 0.717) is 19.0 Å². The van der Waals surface area contributed by atoms with Crippen LogP contribution in [0.2, 0.25) is 0 Å². The normalized spacial score (nSPS) is 22.1. The molecule has 100 valence electrons. The van der Waals surface area contributed by atoms with Crippen molar-refractivity contribution in [1.29, 1.82) is 0 Å². The van der Waals surface area contributed by atoms with Crippen LogP contribution in [-0.2, 0) is 10.0 Å². The summed E-state index contributed by atoms with van der Waals surface area (Å²) in [6.45, 7) is 0.478. The molecule has 0 amide bonds. The quantitative estimate of drug-likeness (QED) is 0.879. The molecule has 1 aliphatic rings. The third-order valence-electron chi connectivity index (χ3n) is 2.93. The minimum Gasteiger partial charge on any atom is -0.327 e. The summed E-state index contributed by atoms with van der Waals surface area (Å²) in [5, 5.41) is 0. The van der Waals surface area contributed by atoms with Crippen molar-refractivity contribution in [3.8, 4) is 0 Å². The average molecular weight is 276 g/mol. The summed E-state index contributed by atoms with van der Waals surface area (Å²) in [5.41, 5.74) is 5.70. The molecule has 1 saturated heterocycles. The van der Waals surface area contributed by atoms with E-state index in [-0.39, 0.29) is 12.6 Å². The van der Waals surface area contributed by atoms with Gasteiger partial charge in [-0.2, -0.15) is 4.31 Å². The van der Waals surface area contributed by atoms with E-state index in [1.165, 1.54) is 0 Å². The summed E-state index contributed by atoms with van der Waals surface area (Å²) in [6, 6.07) is 2.20. The summed E-state index contributed by atoms with van der Waals surface area (Å²) >= 11 is 0. The number of nitrogens with two attached hydrogens (primary N) is 1. The molecule has 18 heavy (non-hydrogen) atoms. The van der Waals surface area contributed by atoms with Crippen LogP contribution in [0.25, 0.3) is 0 Å². The monoisotopic (exact) mass is 276 g/mol. The molecule has 1 fully saturated rings. The van der Waals surface area contributed by atoms with Gasteiger partial charge < -0.3 is 5.73 Å². The van der Waals surface area contributed by atoms with Gasteiger partial charge >= 0.3 is 0 Å². The van der Waals surface area contributed by atoms with Crippen molar-refractivity contribution < 1.29 is 17.2 Å². The summed E-state index contributed by atoms with van der Waals surface area (Å²) in [6.07, 6.45) is 1.39. The van der Waals surface area contributed by atoms with Crippen LogP contribution in [-0.4, -0.2) is 31.9 Å². The van der Waals surface area contributed by atoms with Gasteiger partial charge in [0.2, 0.25) is 10.0 Å². The highest BCUT2D eigenvalue weighted by Gasteiger charge is 2.30. The Morgan fingerprint density at radius 1 is 1.33 bits per heavy atom. The number of hydrogen-bond donors (Lipinski definition) is 1. The van der Waals surface area contributed by atoms with Gasteiger partial charge in [0, 0.05) is 25.2 Å². The highest BCUT2D eigenvalue weighted by atomic mass is 32.2. The lowest BCUT2D eigenvalue weighted by atomic mass is 10.1. The Morgan fingerprint density at radius 3 is 2.67 bits per heavy atom. The minimum atomic E-state index is -3.93. The fourth-order valence-electron chi connectivity index (χ4n) is 2.02. The lowest BCUT2D eigenvalue weighted by Crippen LogP contribution is -2.45. The van der Waals surface area contributed by atoms with Crippen molar-refractivity contribution in [2.45, 2.75) is 23.8 Å². The van der Waals surface area contributed by atoms with E-state index in [4.69, 9.17) is 5.73 Å². The SMILES string of the molecule is N[C@H]1CCCN(S(=O)(=O)c2ccc(F)cc2F)C1. The molecule has 1 atom stereocenters. The maximum atomic E-state index is 13.5. The number of piperidine rings is 1. The van der Waals surface area contributed by atoms with Gasteiger partial charge in [-0.3, -0.25) is 0 Å². The van der Waals surface area contributed by atoms with Gasteiger partial charge in [-0.05, 0) is 25.0 Å². The van der Waals surface area contributed by atoms with Crippen LogP contribution < -0.4 is 5.73 Å². The number of benzene rings is 1. The highest BCUT2D eigenvalue weighted by Crippen LogP contribution is 2.22. The Labute approximate surface area is 104 Å². The molecule has 4 nitrogen and oxygen atoms in total. The molecule has 1 aromatic carbocycles. The molecule has 0 aromatic heterocycles. The minimum absolute atomic E-state index is 0.166. The van der Waals surface area contributed by atoms with Gasteiger partial charge in [0.25, 0.3) is 0 Å². The zero-order chi connectivity index (χ0) is 13.3. The molecular weight excluding hydrogens is 262 g/mol. The van der Waals surface area contributed by atoms with Crippen molar-refractivity contribution >= 4 is 10.0 Å². The number of rotatable bonds is 2. The van der Waals surface area contributed by atoms with E-state index in [9.17, 15) is 17.2 Å². The van der Waals surface area contributed by atoms with Crippen molar-refractivity contribution in [3.05, 3.63) is 29.8 Å². The molecule has 0 radical (unpaired) electrons. The predicted octanol–water partition coefficient (Wildman–Crippen LogP) is 1.08. The summed E-state index contributed by atoms with van der Waals surface area (Å²) in [5.74, 6) is -1.88. The van der Waals surface area contributed by atoms with Crippen LogP contribution >= 0.6 is 0 Å². The molecule has 0 saturated carbocycles. The van der Waals surface area contributed by atoms with Crippen molar-refractivity contribution in [1.82, 2.24) is 4.31 Å². The van der Waals surface area contributed by atoms with Crippen LogP contribution in [0, 0.1) is 11.6 Å². The zero-order valence-electron chi connectivity index (χ0n) is 9.64. The standard InChI is InChI=1S/C11H14F2N2O2S/c12-8-3-4-11(10(13)6-8)18(16,17)15-5-1-2-9(14)7-15/h3-4,6,9H,1-2,5,7,14H2/t9-/m0/s1. The average Bonchev–Trinajstić information content (AvgIpc) is 2.28. The third kappa shape index (κ3) is 2.52. The second-order valence-electron chi connectivity index (χ2n) is 4.34. The molecular formula is C11H14F2N2O2S. The van der Waals surface area contributed by atoms with Crippen LogP contribution in [0.15, 0.2) is 23.1 Å². The Balaban J connectivity index is 2.35. The maximum Gasteiger partial charge on any atom is 0.246 e. The zero-order valence-corrected chi connectivity index (χ0v) is 10.5. The molecule has 0 bridgehead atoms. The lowest BCUT2D eigenvalue weighted by molar-refractivity contribution is 0.315. The van der Waals surface area contributed by atoms with Crippen LogP contribution in [0.1, 0.15) is 12.8 Å². The summed E-state index contributed by atoms with van der Waals surface area (Å²) < 4.78 is 51.8. The first-order chi connectivity index (χ1) is 8.41. The predicted molar refractivity (Wildman–Crippen MR) is 62.3 cm³/mol. The number of halogens is 2. The van der Waals surface area contributed by atoms with E-state index in [1.807, 2.05) is 0 Å². The number of hydrogen-bond acceptors (Lipinski definition) is 3. The van der Waals surface area contributed by atoms with Gasteiger partial charge in [0.05, 0.1) is 0 Å². The number of sulfonamides is 1. The molecule has 2 N–H and O–H groups in total. The van der Waals surface area contributed by atoms with E-state index < -0.39 is 26.6 Å². The Kier molecular flexibility index (Phi) is 3.65. The van der Waals surface area contributed by atoms with E-state index in [1.54, 1.807) is 0 Å². The van der Waals surface area contributed by atoms with Crippen LogP contribution in [0.5, 0.6) is 0 Å². The second-order valence-corrected chi connectivity index (χ2v) is 6.25. The van der Waals surface area contributed by atoms with Gasteiger partial charge in [-0.15, -0.1) is 0 Å². The Hall–Kier alpha value is -1.05. The molecule has 1 aliphatic heterocycles. The first kappa shape index (κ1) is 13.4. The molecule has 0 aliphatic carbocycles. The number of nitrogens with zero attached hydrogens (tertiary/aromatic N) is 1. The molecule has 7 heteroatoms. The van der Waals surface area contributed by atoms with Gasteiger partial charge in [0.15, 0.2) is 0 Å². The van der Waals surface area contributed by atoms with E-state index in [2.05, 4.69) is 0 Å². The van der Waals surface area contributed by atoms with Crippen molar-refractivity contribution in [3.63, 3.8) is 0 Å². The molecule has 1 aromatic rings. The van der Waals surface area contributed by atoms with Gasteiger partial charge in [-0.1, -0.05) is 0 Å². The highest BCUT2D eigenvalue weighted by molar-refractivity contribution is 7.89. The molecule has 1 heterocycles. The topological polar surface area (TPSA) is 63.4 Å². The fraction of sp³-hybridized carbons (Fsp3) is 0.455. The maximum absolute atomic E-state index is 13.5. The fourth-order valence-corrected chi connectivity index (χ4v) is 3.60. The molecule has 0 spiro atoms. The largest absolute Gasteiger partial charge is 0.327 e. The Morgan fingerprint density at radius 2 is 2.06 bits per heavy atom. The van der Waals surface area contributed by atoms with E-state index >= 15 is 0 Å². The summed E-state index contributed by atoms with van der Waals surface area (Å²) in [4.78, 5) is -0.502. The van der Waals surface area contributed by atoms with Crippen LogP contribution in [0.4, 0.5) is 8.78 Å². The second kappa shape index (κ2) is 4.91. The Bertz CT molecular complexity index is 548. The smallest absolute Gasteiger partial charge is 0.246 e. The molecule has 2 rings (SSSR count). The first-order valence-corrected chi connectivity index (χ1v) is 7.06. The molecule has 0 unspecified atom stereocenters. The van der Waals surface area contributed by atoms with Gasteiger partial charge in [0.1, 0.15) is 16.5 Å². The third-order valence-corrected chi connectivity index (χ3v) is 4.83. The van der Waals surface area contributed by atoms with Crippen LogP contribution in [0.3, 0.4) is 0 Å². The van der Waals surface area contributed by atoms with Crippen molar-refractivity contribution in [2.24, 2.45) is 5.73 Å². The summed E-state index contributed by atoms with van der Waals surface area (Å²) in [7, 11) is -3.93. The lowest BCUT2D eigenvalue weighted by Gasteiger charge is -2.29. The first-order valence-electron chi connectivity index (χ1n) is 5.62.